The number of fused-ring (bicyclic) bond motifs is 1. The van der Waals surface area contributed by atoms with E-state index in [1.807, 2.05) is 13.1 Å². The molecule has 1 aliphatic heterocycles. The highest BCUT2D eigenvalue weighted by Crippen LogP contribution is 2.26. The molecule has 3 heterocycles. The second-order valence-electron chi connectivity index (χ2n) is 5.68. The van der Waals surface area contributed by atoms with Gasteiger partial charge in [-0.25, -0.2) is 15.0 Å². The van der Waals surface area contributed by atoms with Crippen molar-refractivity contribution in [2.24, 2.45) is 5.92 Å². The van der Waals surface area contributed by atoms with E-state index in [2.05, 4.69) is 33.7 Å². The summed E-state index contributed by atoms with van der Waals surface area (Å²) in [5, 5.41) is 0. The quantitative estimate of drug-likeness (QED) is 0.855. The predicted octanol–water partition coefficient (Wildman–Crippen LogP) is 2.29. The molecule has 0 aliphatic carbocycles. The molecule has 0 atom stereocenters. The first-order valence-corrected chi connectivity index (χ1v) is 6.99. The molecule has 0 fully saturated rings. The molecule has 0 bridgehead atoms. The maximum absolute atomic E-state index is 4.70. The molecular formula is C15H19N5. The fourth-order valence-corrected chi connectivity index (χ4v) is 2.52. The molecule has 0 spiro atoms. The van der Waals surface area contributed by atoms with Crippen molar-refractivity contribution >= 4 is 5.82 Å². The van der Waals surface area contributed by atoms with E-state index in [0.29, 0.717) is 5.92 Å². The zero-order valence-corrected chi connectivity index (χ0v) is 12.2. The molecule has 1 aliphatic rings. The Kier molecular flexibility index (Phi) is 3.34. The maximum atomic E-state index is 4.70. The van der Waals surface area contributed by atoms with Crippen LogP contribution >= 0.6 is 0 Å². The van der Waals surface area contributed by atoms with Crippen LogP contribution in [0.5, 0.6) is 0 Å². The van der Waals surface area contributed by atoms with Crippen molar-refractivity contribution in [3.63, 3.8) is 0 Å². The summed E-state index contributed by atoms with van der Waals surface area (Å²) in [5.74, 6) is 2.46. The van der Waals surface area contributed by atoms with Gasteiger partial charge in [0.1, 0.15) is 5.82 Å². The van der Waals surface area contributed by atoms with E-state index in [4.69, 9.17) is 4.98 Å². The Morgan fingerprint density at radius 3 is 2.70 bits per heavy atom. The Labute approximate surface area is 119 Å². The summed E-state index contributed by atoms with van der Waals surface area (Å²) in [6.07, 6.45) is 6.35. The monoisotopic (exact) mass is 269 g/mol. The summed E-state index contributed by atoms with van der Waals surface area (Å²) in [5.41, 5.74) is 3.28. The fraction of sp³-hybridized carbons (Fsp3) is 0.467. The molecule has 0 saturated heterocycles. The van der Waals surface area contributed by atoms with Crippen molar-refractivity contribution in [3.8, 4) is 0 Å². The lowest BCUT2D eigenvalue weighted by Gasteiger charge is -2.17. The van der Waals surface area contributed by atoms with Gasteiger partial charge in [0, 0.05) is 37.1 Å². The molecule has 5 heteroatoms. The highest BCUT2D eigenvalue weighted by Gasteiger charge is 2.23. The van der Waals surface area contributed by atoms with Gasteiger partial charge in [-0.3, -0.25) is 4.98 Å². The Bertz CT molecular complexity index is 623. The van der Waals surface area contributed by atoms with Crippen molar-refractivity contribution in [2.45, 2.75) is 40.3 Å². The van der Waals surface area contributed by atoms with Crippen molar-refractivity contribution in [2.75, 3.05) is 4.90 Å². The second-order valence-corrected chi connectivity index (χ2v) is 5.68. The zero-order chi connectivity index (χ0) is 14.1. The summed E-state index contributed by atoms with van der Waals surface area (Å²) in [4.78, 5) is 20.1. The van der Waals surface area contributed by atoms with Crippen molar-refractivity contribution in [1.82, 2.24) is 19.9 Å². The van der Waals surface area contributed by atoms with Crippen LogP contribution in [-0.2, 0) is 19.5 Å². The second kappa shape index (κ2) is 5.15. The molecule has 0 amide bonds. The van der Waals surface area contributed by atoms with Crippen LogP contribution in [0.4, 0.5) is 5.82 Å². The molecule has 20 heavy (non-hydrogen) atoms. The van der Waals surface area contributed by atoms with Crippen LogP contribution < -0.4 is 4.90 Å². The number of nitrogens with zero attached hydrogens (tertiary/aromatic N) is 5. The highest BCUT2D eigenvalue weighted by atomic mass is 15.2. The third kappa shape index (κ3) is 2.48. The smallest absolute Gasteiger partial charge is 0.150 e. The van der Waals surface area contributed by atoms with E-state index < -0.39 is 0 Å². The van der Waals surface area contributed by atoms with Crippen LogP contribution in [0.25, 0.3) is 0 Å². The fourth-order valence-electron chi connectivity index (χ4n) is 2.52. The van der Waals surface area contributed by atoms with Gasteiger partial charge in [0.05, 0.1) is 17.9 Å². The van der Waals surface area contributed by atoms with E-state index >= 15 is 0 Å². The van der Waals surface area contributed by atoms with Gasteiger partial charge in [-0.1, -0.05) is 13.8 Å². The van der Waals surface area contributed by atoms with Crippen LogP contribution in [0.2, 0.25) is 0 Å². The van der Waals surface area contributed by atoms with Gasteiger partial charge in [0.25, 0.3) is 0 Å². The standard InChI is InChI=1S/C15H19N5/c1-10(2)6-14-18-7-12-8-20(9-13(12)19-14)15-11(3)16-4-5-17-15/h4-5,7,10H,6,8-9H2,1-3H3. The summed E-state index contributed by atoms with van der Waals surface area (Å²) < 4.78 is 0. The molecule has 5 nitrogen and oxygen atoms in total. The molecule has 104 valence electrons. The average molecular weight is 269 g/mol. The minimum atomic E-state index is 0.577. The van der Waals surface area contributed by atoms with Crippen LogP contribution in [0.15, 0.2) is 18.6 Å². The molecule has 0 radical (unpaired) electrons. The van der Waals surface area contributed by atoms with E-state index in [9.17, 15) is 0 Å². The van der Waals surface area contributed by atoms with E-state index in [1.54, 1.807) is 12.4 Å². The van der Waals surface area contributed by atoms with E-state index in [0.717, 1.165) is 42.5 Å². The summed E-state index contributed by atoms with van der Waals surface area (Å²) in [6.45, 7) is 7.97. The van der Waals surface area contributed by atoms with Gasteiger partial charge >= 0.3 is 0 Å². The minimum absolute atomic E-state index is 0.577. The molecule has 3 rings (SSSR count). The first-order chi connectivity index (χ1) is 9.63. The van der Waals surface area contributed by atoms with Gasteiger partial charge in [0.2, 0.25) is 0 Å². The van der Waals surface area contributed by atoms with Crippen molar-refractivity contribution in [1.29, 1.82) is 0 Å². The summed E-state index contributed by atoms with van der Waals surface area (Å²) in [7, 11) is 0. The Morgan fingerprint density at radius 1 is 1.15 bits per heavy atom. The molecular weight excluding hydrogens is 250 g/mol. The van der Waals surface area contributed by atoms with Crippen LogP contribution in [-0.4, -0.2) is 19.9 Å². The highest BCUT2D eigenvalue weighted by molar-refractivity contribution is 5.47. The number of aromatic nitrogens is 4. The number of anilines is 1. The molecule has 2 aromatic rings. The van der Waals surface area contributed by atoms with Gasteiger partial charge < -0.3 is 4.90 Å². The van der Waals surface area contributed by atoms with E-state index in [-0.39, 0.29) is 0 Å². The average Bonchev–Trinajstić information content (AvgIpc) is 2.81. The van der Waals surface area contributed by atoms with Crippen molar-refractivity contribution in [3.05, 3.63) is 41.4 Å². The predicted molar refractivity (Wildman–Crippen MR) is 77.2 cm³/mol. The molecule has 0 saturated carbocycles. The first kappa shape index (κ1) is 13.0. The number of rotatable bonds is 3. The lowest BCUT2D eigenvalue weighted by Crippen LogP contribution is -2.17. The third-order valence-corrected chi connectivity index (χ3v) is 3.45. The maximum Gasteiger partial charge on any atom is 0.150 e. The van der Waals surface area contributed by atoms with Gasteiger partial charge in [0.15, 0.2) is 5.82 Å². The summed E-state index contributed by atoms with van der Waals surface area (Å²) >= 11 is 0. The van der Waals surface area contributed by atoms with E-state index in [1.165, 1.54) is 5.56 Å². The van der Waals surface area contributed by atoms with Gasteiger partial charge in [-0.2, -0.15) is 0 Å². The molecule has 0 aromatic carbocycles. The third-order valence-electron chi connectivity index (χ3n) is 3.45. The van der Waals surface area contributed by atoms with Gasteiger partial charge in [-0.15, -0.1) is 0 Å². The normalized spacial score (nSPS) is 13.9. The largest absolute Gasteiger partial charge is 0.345 e. The number of hydrogen-bond donors (Lipinski definition) is 0. The van der Waals surface area contributed by atoms with Crippen LogP contribution in [0.3, 0.4) is 0 Å². The topological polar surface area (TPSA) is 54.8 Å². The number of aryl methyl sites for hydroxylation is 1. The van der Waals surface area contributed by atoms with Crippen molar-refractivity contribution < 1.29 is 0 Å². The summed E-state index contributed by atoms with van der Waals surface area (Å²) in [6, 6.07) is 0. The molecule has 2 aromatic heterocycles. The Hall–Kier alpha value is -2.04. The minimum Gasteiger partial charge on any atom is -0.345 e. The first-order valence-electron chi connectivity index (χ1n) is 6.99. The Balaban J connectivity index is 1.84. The SMILES string of the molecule is Cc1nccnc1N1Cc2cnc(CC(C)C)nc2C1. The van der Waals surface area contributed by atoms with Crippen LogP contribution in [0.1, 0.15) is 36.6 Å². The molecule has 0 unspecified atom stereocenters. The number of hydrogen-bond acceptors (Lipinski definition) is 5. The zero-order valence-electron chi connectivity index (χ0n) is 12.2. The lowest BCUT2D eigenvalue weighted by molar-refractivity contribution is 0.617. The molecule has 0 N–H and O–H groups in total. The van der Waals surface area contributed by atoms with Crippen LogP contribution in [0, 0.1) is 12.8 Å². The Morgan fingerprint density at radius 2 is 1.95 bits per heavy atom. The lowest BCUT2D eigenvalue weighted by atomic mass is 10.1. The van der Waals surface area contributed by atoms with Gasteiger partial charge in [-0.05, 0) is 12.8 Å².